The van der Waals surface area contributed by atoms with E-state index in [1.807, 2.05) is 0 Å². The van der Waals surface area contributed by atoms with Crippen molar-refractivity contribution >= 4 is 11.7 Å². The first-order valence-corrected chi connectivity index (χ1v) is 9.74. The molecule has 174 valence electrons. The molecule has 1 aliphatic rings. The third-order valence-corrected chi connectivity index (χ3v) is 5.00. The molecular weight excluding hydrogens is 442 g/mol. The number of amides is 2. The van der Waals surface area contributed by atoms with Crippen molar-refractivity contribution in [3.05, 3.63) is 53.6 Å². The molecule has 0 heterocycles. The summed E-state index contributed by atoms with van der Waals surface area (Å²) < 4.78 is 82.1. The number of benzene rings is 2. The van der Waals surface area contributed by atoms with Gasteiger partial charge in [0.25, 0.3) is 0 Å². The zero-order valence-corrected chi connectivity index (χ0v) is 16.9. The van der Waals surface area contributed by atoms with Gasteiger partial charge in [-0.05, 0) is 73.7 Å². The van der Waals surface area contributed by atoms with Gasteiger partial charge in [0.05, 0.1) is 0 Å². The molecule has 0 radical (unpaired) electrons. The van der Waals surface area contributed by atoms with E-state index in [1.165, 1.54) is 24.3 Å². The van der Waals surface area contributed by atoms with Crippen molar-refractivity contribution in [1.82, 2.24) is 4.90 Å². The van der Waals surface area contributed by atoms with Crippen LogP contribution in [0, 0.1) is 0 Å². The van der Waals surface area contributed by atoms with E-state index in [1.54, 1.807) is 17.9 Å². The first-order chi connectivity index (χ1) is 14.9. The topological polar surface area (TPSA) is 50.8 Å². The number of carbonyl (C=O) groups excluding carboxylic acids is 1. The molecule has 3 rings (SSSR count). The third kappa shape index (κ3) is 6.44. The monoisotopic (exact) mass is 462 g/mol. The lowest BCUT2D eigenvalue weighted by Gasteiger charge is -2.34. The van der Waals surface area contributed by atoms with E-state index in [-0.39, 0.29) is 17.5 Å². The first kappa shape index (κ1) is 23.6. The van der Waals surface area contributed by atoms with E-state index in [4.69, 9.17) is 0 Å². The van der Waals surface area contributed by atoms with Gasteiger partial charge in [0.2, 0.25) is 0 Å². The van der Waals surface area contributed by atoms with E-state index in [9.17, 15) is 31.1 Å². The van der Waals surface area contributed by atoms with E-state index in [0.29, 0.717) is 31.4 Å². The highest BCUT2D eigenvalue weighted by molar-refractivity contribution is 5.89. The Morgan fingerprint density at radius 1 is 0.969 bits per heavy atom. The number of nitrogens with zero attached hydrogens (tertiary/aromatic N) is 1. The number of carbonyl (C=O) groups is 1. The second-order valence-corrected chi connectivity index (χ2v) is 7.16. The van der Waals surface area contributed by atoms with Crippen LogP contribution >= 0.6 is 0 Å². The number of likely N-dealkylation sites (N-methyl/N-ethyl adjacent to an activating group) is 1. The Kier molecular flexibility index (Phi) is 6.75. The van der Waals surface area contributed by atoms with Crippen LogP contribution in [-0.2, 0) is 12.8 Å². The lowest BCUT2D eigenvalue weighted by molar-refractivity contribution is -0.275. The van der Waals surface area contributed by atoms with Crippen LogP contribution in [0.2, 0.25) is 0 Å². The van der Waals surface area contributed by atoms with Crippen molar-refractivity contribution in [1.29, 1.82) is 0 Å². The Morgan fingerprint density at radius 3 is 2.16 bits per heavy atom. The minimum atomic E-state index is -4.81. The lowest BCUT2D eigenvalue weighted by Crippen LogP contribution is -2.45. The molecule has 5 nitrogen and oxygen atoms in total. The summed E-state index contributed by atoms with van der Waals surface area (Å²) in [6, 6.07) is 8.19. The third-order valence-electron chi connectivity index (χ3n) is 5.00. The average Bonchev–Trinajstić information content (AvgIpc) is 2.67. The van der Waals surface area contributed by atoms with Gasteiger partial charge in [-0.15, -0.1) is 26.3 Å². The molecule has 0 saturated heterocycles. The molecule has 0 aliphatic heterocycles. The highest BCUT2D eigenvalue weighted by Crippen LogP contribution is 2.31. The van der Waals surface area contributed by atoms with Gasteiger partial charge < -0.3 is 19.7 Å². The normalized spacial score (nSPS) is 16.2. The summed E-state index contributed by atoms with van der Waals surface area (Å²) in [7, 11) is 0. The first-order valence-electron chi connectivity index (χ1n) is 9.74. The minimum Gasteiger partial charge on any atom is -0.406 e. The fourth-order valence-electron chi connectivity index (χ4n) is 3.68. The summed E-state index contributed by atoms with van der Waals surface area (Å²) >= 11 is 0. The van der Waals surface area contributed by atoms with Gasteiger partial charge in [-0.3, -0.25) is 0 Å². The molecule has 2 aromatic rings. The smallest absolute Gasteiger partial charge is 0.406 e. The molecule has 2 aromatic carbocycles. The molecule has 32 heavy (non-hydrogen) atoms. The number of fused-ring (bicyclic) bond motifs is 1. The van der Waals surface area contributed by atoms with Crippen molar-refractivity contribution in [2.75, 3.05) is 11.9 Å². The number of anilines is 1. The fraction of sp³-hybridized carbons (Fsp3) is 0.381. The Morgan fingerprint density at radius 2 is 1.56 bits per heavy atom. The maximum absolute atomic E-state index is 12.8. The number of nitrogens with one attached hydrogen (secondary N) is 1. The van der Waals surface area contributed by atoms with Crippen molar-refractivity contribution < 1.29 is 40.6 Å². The Bertz CT molecular complexity index is 944. The summed E-state index contributed by atoms with van der Waals surface area (Å²) in [5, 5.41) is 2.62. The molecule has 0 fully saturated rings. The average molecular weight is 462 g/mol. The Hall–Kier alpha value is -3.11. The quantitative estimate of drug-likeness (QED) is 0.564. The van der Waals surface area contributed by atoms with Gasteiger partial charge in [-0.1, -0.05) is 6.07 Å². The van der Waals surface area contributed by atoms with Gasteiger partial charge in [0, 0.05) is 18.3 Å². The van der Waals surface area contributed by atoms with Gasteiger partial charge in [-0.25, -0.2) is 4.79 Å². The molecular formula is C21H20F6N2O3. The van der Waals surface area contributed by atoms with Crippen molar-refractivity contribution in [3.63, 3.8) is 0 Å². The van der Waals surface area contributed by atoms with Gasteiger partial charge in [0.1, 0.15) is 11.5 Å². The molecule has 11 heteroatoms. The largest absolute Gasteiger partial charge is 0.573 e. The lowest BCUT2D eigenvalue weighted by atomic mass is 9.87. The predicted octanol–water partition coefficient (Wildman–Crippen LogP) is 5.90. The molecule has 2 amide bonds. The molecule has 1 unspecified atom stereocenters. The summed E-state index contributed by atoms with van der Waals surface area (Å²) in [6.45, 7) is 2.10. The van der Waals surface area contributed by atoms with Crippen LogP contribution in [0.1, 0.15) is 24.5 Å². The number of aryl methyl sites for hydroxylation is 1. The van der Waals surface area contributed by atoms with Crippen LogP contribution in [0.25, 0.3) is 0 Å². The van der Waals surface area contributed by atoms with E-state index >= 15 is 0 Å². The number of rotatable bonds is 5. The highest BCUT2D eigenvalue weighted by atomic mass is 19.4. The molecule has 0 aromatic heterocycles. The zero-order valence-electron chi connectivity index (χ0n) is 16.9. The maximum Gasteiger partial charge on any atom is 0.573 e. The van der Waals surface area contributed by atoms with Crippen LogP contribution in [0.3, 0.4) is 0 Å². The number of urea groups is 1. The van der Waals surface area contributed by atoms with E-state index in [0.717, 1.165) is 17.7 Å². The standard InChI is InChI=1S/C21H20F6N2O3/c1-2-29(19(30)28-15-5-9-17(10-6-15)31-20(22,23)24)16-7-3-13-4-8-18(12-14(13)11-16)32-21(25,26)27/h4-6,8-10,12,16H,2-3,7,11H2,1H3,(H,28,30). The molecule has 1 aliphatic carbocycles. The van der Waals surface area contributed by atoms with E-state index in [2.05, 4.69) is 14.8 Å². The van der Waals surface area contributed by atoms with Crippen LogP contribution in [0.4, 0.5) is 36.8 Å². The number of hydrogen-bond acceptors (Lipinski definition) is 3. The predicted molar refractivity (Wildman–Crippen MR) is 103 cm³/mol. The number of ether oxygens (including phenoxy) is 2. The highest BCUT2D eigenvalue weighted by Gasteiger charge is 2.33. The molecule has 0 bridgehead atoms. The number of halogens is 6. The minimum absolute atomic E-state index is 0.263. The van der Waals surface area contributed by atoms with Crippen molar-refractivity contribution in [3.8, 4) is 11.5 Å². The van der Waals surface area contributed by atoms with Crippen molar-refractivity contribution in [2.24, 2.45) is 0 Å². The SMILES string of the molecule is CCN(C(=O)Nc1ccc(OC(F)(F)F)cc1)C1CCc2ccc(OC(F)(F)F)cc2C1. The second-order valence-electron chi connectivity index (χ2n) is 7.16. The van der Waals surface area contributed by atoms with Crippen LogP contribution in [0.15, 0.2) is 42.5 Å². The van der Waals surface area contributed by atoms with Crippen LogP contribution in [-0.4, -0.2) is 36.2 Å². The number of hydrogen-bond donors (Lipinski definition) is 1. The van der Waals surface area contributed by atoms with Gasteiger partial charge in [0.15, 0.2) is 0 Å². The van der Waals surface area contributed by atoms with Crippen molar-refractivity contribution in [2.45, 2.75) is 45.0 Å². The zero-order chi connectivity index (χ0) is 23.5. The Labute approximate surface area is 179 Å². The molecule has 1 atom stereocenters. The van der Waals surface area contributed by atoms with Crippen LogP contribution < -0.4 is 14.8 Å². The Balaban J connectivity index is 1.67. The number of alkyl halides is 6. The summed E-state index contributed by atoms with van der Waals surface area (Å²) in [5.74, 6) is -0.728. The molecule has 0 saturated carbocycles. The summed E-state index contributed by atoms with van der Waals surface area (Å²) in [4.78, 5) is 14.3. The summed E-state index contributed by atoms with van der Waals surface area (Å²) in [5.41, 5.74) is 1.84. The second kappa shape index (κ2) is 9.17. The van der Waals surface area contributed by atoms with Gasteiger partial charge >= 0.3 is 18.8 Å². The molecule has 1 N–H and O–H groups in total. The van der Waals surface area contributed by atoms with Crippen LogP contribution in [0.5, 0.6) is 11.5 Å². The van der Waals surface area contributed by atoms with E-state index < -0.39 is 24.5 Å². The fourth-order valence-corrected chi connectivity index (χ4v) is 3.68. The summed E-state index contributed by atoms with van der Waals surface area (Å²) in [6.07, 6.45) is -8.06. The van der Waals surface area contributed by atoms with Gasteiger partial charge in [-0.2, -0.15) is 0 Å². The molecule has 0 spiro atoms. The maximum atomic E-state index is 12.8.